The second kappa shape index (κ2) is 6.59. The van der Waals surface area contributed by atoms with Crippen LogP contribution in [0.4, 0.5) is 0 Å². The summed E-state index contributed by atoms with van der Waals surface area (Å²) >= 11 is 0. The fourth-order valence-corrected chi connectivity index (χ4v) is 5.17. The third-order valence-corrected chi connectivity index (χ3v) is 6.91. The maximum Gasteiger partial charge on any atom is 0.0121 e. The first-order valence-electron chi connectivity index (χ1n) is 10.7. The molecule has 0 saturated carbocycles. The quantitative estimate of drug-likeness (QED) is 0.424. The molecule has 0 bridgehead atoms. The van der Waals surface area contributed by atoms with E-state index in [1.807, 2.05) is 0 Å². The molecule has 144 valence electrons. The summed E-state index contributed by atoms with van der Waals surface area (Å²) in [4.78, 5) is 0. The van der Waals surface area contributed by atoms with Crippen LogP contribution in [0, 0.1) is 13.8 Å². The smallest absolute Gasteiger partial charge is 0.0121 e. The second-order valence-corrected chi connectivity index (χ2v) is 9.06. The van der Waals surface area contributed by atoms with Crippen LogP contribution in [0.3, 0.4) is 0 Å². The highest BCUT2D eigenvalue weighted by Crippen LogP contribution is 2.50. The molecular formula is C29H28. The van der Waals surface area contributed by atoms with E-state index in [0.29, 0.717) is 0 Å². The largest absolute Gasteiger partial charge is 0.0836 e. The number of hydrogen-bond donors (Lipinski definition) is 0. The minimum Gasteiger partial charge on any atom is -0.0836 e. The van der Waals surface area contributed by atoms with E-state index in [9.17, 15) is 0 Å². The second-order valence-electron chi connectivity index (χ2n) is 9.06. The highest BCUT2D eigenvalue weighted by atomic mass is 14.4. The average Bonchev–Trinajstić information content (AvgIpc) is 2.96. The Balaban J connectivity index is 1.62. The fraction of sp³-hybridized carbons (Fsp3) is 0.241. The van der Waals surface area contributed by atoms with Gasteiger partial charge in [0.1, 0.15) is 0 Å². The summed E-state index contributed by atoms with van der Waals surface area (Å²) in [5, 5.41) is 0. The summed E-state index contributed by atoms with van der Waals surface area (Å²) in [6, 6.07) is 22.7. The number of allylic oxidation sites excluding steroid dienone is 4. The van der Waals surface area contributed by atoms with Gasteiger partial charge in [0.15, 0.2) is 0 Å². The summed E-state index contributed by atoms with van der Waals surface area (Å²) in [5.74, 6) is 0. The summed E-state index contributed by atoms with van der Waals surface area (Å²) in [7, 11) is 0. The van der Waals surface area contributed by atoms with E-state index in [0.717, 1.165) is 0 Å². The first-order valence-corrected chi connectivity index (χ1v) is 10.7. The first kappa shape index (κ1) is 18.2. The predicted octanol–water partition coefficient (Wildman–Crippen LogP) is 8.03. The lowest BCUT2D eigenvalue weighted by Crippen LogP contribution is -2.17. The molecule has 0 unspecified atom stereocenters. The number of fused-ring (bicyclic) bond motifs is 2. The number of rotatable bonds is 2. The van der Waals surface area contributed by atoms with Crippen molar-refractivity contribution in [2.75, 3.05) is 0 Å². The van der Waals surface area contributed by atoms with E-state index in [2.05, 4.69) is 101 Å². The Morgan fingerprint density at radius 2 is 1.45 bits per heavy atom. The van der Waals surface area contributed by atoms with E-state index in [4.69, 9.17) is 0 Å². The molecule has 5 rings (SSSR count). The van der Waals surface area contributed by atoms with E-state index in [1.54, 1.807) is 5.57 Å². The molecule has 2 aliphatic rings. The highest BCUT2D eigenvalue weighted by Gasteiger charge is 2.37. The summed E-state index contributed by atoms with van der Waals surface area (Å²) in [6.07, 6.45) is 7.02. The monoisotopic (exact) mass is 376 g/mol. The van der Waals surface area contributed by atoms with Crippen molar-refractivity contribution < 1.29 is 0 Å². The molecule has 3 aromatic rings. The van der Waals surface area contributed by atoms with Gasteiger partial charge in [-0.2, -0.15) is 0 Å². The minimum atomic E-state index is 0.120. The van der Waals surface area contributed by atoms with Crippen molar-refractivity contribution in [3.8, 4) is 22.3 Å². The van der Waals surface area contributed by atoms with Crippen molar-refractivity contribution in [1.82, 2.24) is 0 Å². The molecule has 0 atom stereocenters. The van der Waals surface area contributed by atoms with Gasteiger partial charge in [-0.3, -0.25) is 0 Å². The van der Waals surface area contributed by atoms with Gasteiger partial charge in [-0.25, -0.2) is 0 Å². The van der Waals surface area contributed by atoms with Crippen molar-refractivity contribution in [3.63, 3.8) is 0 Å². The van der Waals surface area contributed by atoms with Crippen LogP contribution in [0.25, 0.3) is 27.8 Å². The van der Waals surface area contributed by atoms with Crippen LogP contribution in [0.15, 0.2) is 78.4 Å². The molecule has 0 aromatic heterocycles. The zero-order valence-electron chi connectivity index (χ0n) is 17.8. The zero-order chi connectivity index (χ0) is 20.2. The van der Waals surface area contributed by atoms with Gasteiger partial charge in [-0.1, -0.05) is 80.1 Å². The van der Waals surface area contributed by atoms with Crippen LogP contribution in [-0.2, 0) is 5.41 Å². The number of aryl methyl sites for hydroxylation is 2. The molecule has 0 aliphatic heterocycles. The van der Waals surface area contributed by atoms with Crippen molar-refractivity contribution in [1.29, 1.82) is 0 Å². The Morgan fingerprint density at radius 3 is 2.28 bits per heavy atom. The standard InChI is InChI=1S/C29H28/c1-19-9-5-6-10-23(19)26-17-21(14-13-20(26)2)22-15-16-25-24-11-7-8-12-27(24)29(3,4)28(25)18-22/h5-7,9-11,13-18H,8,12H2,1-4H3. The molecule has 29 heavy (non-hydrogen) atoms. The molecule has 0 radical (unpaired) electrons. The van der Waals surface area contributed by atoms with Gasteiger partial charge in [0, 0.05) is 5.41 Å². The Bertz CT molecular complexity index is 1180. The van der Waals surface area contributed by atoms with Gasteiger partial charge < -0.3 is 0 Å². The molecule has 0 amide bonds. The van der Waals surface area contributed by atoms with Gasteiger partial charge >= 0.3 is 0 Å². The lowest BCUT2D eigenvalue weighted by Gasteiger charge is -2.26. The van der Waals surface area contributed by atoms with Crippen molar-refractivity contribution in [2.45, 2.75) is 46.0 Å². The molecule has 3 aromatic carbocycles. The van der Waals surface area contributed by atoms with Crippen molar-refractivity contribution >= 4 is 5.57 Å². The van der Waals surface area contributed by atoms with Crippen molar-refractivity contribution in [3.05, 3.63) is 101 Å². The Labute approximate surface area is 174 Å². The van der Waals surface area contributed by atoms with Crippen LogP contribution >= 0.6 is 0 Å². The topological polar surface area (TPSA) is 0 Å². The van der Waals surface area contributed by atoms with E-state index in [1.165, 1.54) is 62.9 Å². The number of benzene rings is 3. The SMILES string of the molecule is Cc1ccccc1-c1cc(-c2ccc3c(c2)C(C)(C)C2=C3C=CCC2)ccc1C. The van der Waals surface area contributed by atoms with Crippen LogP contribution in [0.2, 0.25) is 0 Å². The van der Waals surface area contributed by atoms with Gasteiger partial charge in [0.05, 0.1) is 0 Å². The van der Waals surface area contributed by atoms with E-state index < -0.39 is 0 Å². The van der Waals surface area contributed by atoms with Gasteiger partial charge in [0.2, 0.25) is 0 Å². The summed E-state index contributed by atoms with van der Waals surface area (Å²) < 4.78 is 0. The van der Waals surface area contributed by atoms with E-state index in [-0.39, 0.29) is 5.41 Å². The average molecular weight is 377 g/mol. The fourth-order valence-electron chi connectivity index (χ4n) is 5.17. The lowest BCUT2D eigenvalue weighted by atomic mass is 9.78. The van der Waals surface area contributed by atoms with Gasteiger partial charge in [-0.05, 0) is 88.9 Å². The Hall–Kier alpha value is -2.86. The van der Waals surface area contributed by atoms with Crippen LogP contribution in [-0.4, -0.2) is 0 Å². The van der Waals surface area contributed by atoms with E-state index >= 15 is 0 Å². The maximum atomic E-state index is 2.44. The van der Waals surface area contributed by atoms with Crippen molar-refractivity contribution in [2.24, 2.45) is 0 Å². The molecule has 0 nitrogen and oxygen atoms in total. The normalized spacial score (nSPS) is 16.7. The summed E-state index contributed by atoms with van der Waals surface area (Å²) in [5.41, 5.74) is 14.0. The Morgan fingerprint density at radius 1 is 0.724 bits per heavy atom. The molecule has 0 heteroatoms. The highest BCUT2D eigenvalue weighted by molar-refractivity contribution is 5.88. The first-order chi connectivity index (χ1) is 14.0. The predicted molar refractivity (Wildman–Crippen MR) is 125 cm³/mol. The maximum absolute atomic E-state index is 2.44. The Kier molecular flexibility index (Phi) is 4.13. The number of hydrogen-bond acceptors (Lipinski definition) is 0. The molecule has 2 aliphatic carbocycles. The molecule has 0 N–H and O–H groups in total. The molecule has 0 heterocycles. The third-order valence-electron chi connectivity index (χ3n) is 6.91. The lowest BCUT2D eigenvalue weighted by molar-refractivity contribution is 0.607. The molecule has 0 saturated heterocycles. The van der Waals surface area contributed by atoms with Gasteiger partial charge in [0.25, 0.3) is 0 Å². The molecular weight excluding hydrogens is 348 g/mol. The molecule has 0 spiro atoms. The van der Waals surface area contributed by atoms with Crippen LogP contribution in [0.5, 0.6) is 0 Å². The van der Waals surface area contributed by atoms with Gasteiger partial charge in [-0.15, -0.1) is 0 Å². The minimum absolute atomic E-state index is 0.120. The molecule has 0 fully saturated rings. The summed E-state index contributed by atoms with van der Waals surface area (Å²) in [6.45, 7) is 9.20. The van der Waals surface area contributed by atoms with Crippen LogP contribution < -0.4 is 0 Å². The van der Waals surface area contributed by atoms with Crippen LogP contribution in [0.1, 0.15) is 48.9 Å². The zero-order valence-corrected chi connectivity index (χ0v) is 17.8. The third kappa shape index (κ3) is 2.82.